The van der Waals surface area contributed by atoms with Gasteiger partial charge in [0.15, 0.2) is 11.7 Å². The van der Waals surface area contributed by atoms with E-state index in [4.69, 9.17) is 21.7 Å². The van der Waals surface area contributed by atoms with Crippen LogP contribution in [0.5, 0.6) is 0 Å². The van der Waals surface area contributed by atoms with Gasteiger partial charge in [0, 0.05) is 42.7 Å². The number of carboxylic acids is 1. The summed E-state index contributed by atoms with van der Waals surface area (Å²) in [6, 6.07) is -0.933. The molecule has 2 unspecified atom stereocenters. The number of nitrogens with two attached hydrogens (primary N) is 1. The van der Waals surface area contributed by atoms with Gasteiger partial charge >= 0.3 is 12.1 Å². The Labute approximate surface area is 269 Å². The smallest absolute Gasteiger partial charge is 0.407 e. The Bertz CT molecular complexity index is 1500. The molecule has 4 heterocycles. The molecule has 5 N–H and O–H groups in total. The van der Waals surface area contributed by atoms with E-state index in [1.54, 1.807) is 20.8 Å². The zero-order chi connectivity index (χ0) is 32.8. The average Bonchev–Trinajstić information content (AvgIpc) is 3.62. The monoisotopic (exact) mass is 681 g/mol. The summed E-state index contributed by atoms with van der Waals surface area (Å²) in [6.07, 6.45) is 5.14. The minimum Gasteiger partial charge on any atom is -0.481 e. The van der Waals surface area contributed by atoms with Crippen LogP contribution < -0.4 is 16.4 Å². The number of hydrogen-bond donors (Lipinski definition) is 4. The van der Waals surface area contributed by atoms with E-state index in [0.29, 0.717) is 24.7 Å². The molecule has 3 atom stereocenters. The standard InChI is InChI=1S/C24H31N11O7S3/c1-5-9-41-30-13(15-28-20(25)45-31-15)16(36)27-14-17(37)34-10-24(19(38)39,11-43-18(14)34)12-44-21-29-32-33-35(21)8-6-7-26-22(40)42-23(2,3)4/h1,14,18H,6-12H2,2-4H3,(H,26,40)(H,27,36)(H,38,39)(H2,25,28,31)/t14?,18-,24?/m1/s1. The van der Waals surface area contributed by atoms with E-state index in [2.05, 4.69) is 46.6 Å². The number of nitrogens with zero attached hydrogens (tertiary/aromatic N) is 8. The lowest BCUT2D eigenvalue weighted by atomic mass is 9.89. The van der Waals surface area contributed by atoms with Crippen molar-refractivity contribution >= 4 is 69.8 Å². The number of rotatable bonds is 13. The quantitative estimate of drug-likeness (QED) is 0.0527. The van der Waals surface area contributed by atoms with Crippen molar-refractivity contribution in [2.75, 3.05) is 36.9 Å². The number of aromatic nitrogens is 6. The first-order valence-corrected chi connectivity index (χ1v) is 16.2. The van der Waals surface area contributed by atoms with E-state index >= 15 is 0 Å². The highest BCUT2D eigenvalue weighted by Gasteiger charge is 2.57. The number of carboxylic acid groups (broad SMARTS) is 1. The number of aliphatic carboxylic acids is 1. The van der Waals surface area contributed by atoms with Crippen molar-refractivity contribution in [3.63, 3.8) is 0 Å². The van der Waals surface area contributed by atoms with Gasteiger partial charge in [-0.1, -0.05) is 22.8 Å². The van der Waals surface area contributed by atoms with Crippen molar-refractivity contribution < 1.29 is 33.9 Å². The maximum atomic E-state index is 13.1. The number of fused-ring (bicyclic) bond motifs is 1. The number of carbonyl (C=O) groups excluding carboxylic acids is 3. The second kappa shape index (κ2) is 14.3. The fraction of sp³-hybridized carbons (Fsp3) is 0.583. The average molecular weight is 682 g/mol. The number of oxime groups is 1. The molecule has 3 amide bonds. The van der Waals surface area contributed by atoms with Gasteiger partial charge < -0.3 is 35.9 Å². The first-order valence-electron chi connectivity index (χ1n) is 13.4. The van der Waals surface area contributed by atoms with Gasteiger partial charge in [-0.15, -0.1) is 23.3 Å². The van der Waals surface area contributed by atoms with Crippen LogP contribution in [0.1, 0.15) is 33.0 Å². The van der Waals surface area contributed by atoms with Crippen LogP contribution >= 0.6 is 35.1 Å². The third-order valence-corrected chi connectivity index (χ3v) is 9.63. The second-order valence-electron chi connectivity index (χ2n) is 10.8. The Morgan fingerprint density at radius 1 is 1.36 bits per heavy atom. The van der Waals surface area contributed by atoms with Crippen LogP contribution in [0.3, 0.4) is 0 Å². The maximum Gasteiger partial charge on any atom is 0.407 e. The summed E-state index contributed by atoms with van der Waals surface area (Å²) in [5.74, 6) is 0.0729. The van der Waals surface area contributed by atoms with E-state index in [1.165, 1.54) is 21.3 Å². The van der Waals surface area contributed by atoms with Crippen LogP contribution in [0.25, 0.3) is 0 Å². The molecule has 2 aliphatic heterocycles. The minimum atomic E-state index is -1.30. The summed E-state index contributed by atoms with van der Waals surface area (Å²) in [5.41, 5.74) is 3.41. The fourth-order valence-corrected chi connectivity index (χ4v) is 7.34. The van der Waals surface area contributed by atoms with Crippen molar-refractivity contribution in [2.24, 2.45) is 10.6 Å². The first-order chi connectivity index (χ1) is 21.3. The number of ether oxygens (including phenoxy) is 1. The number of terminal acetylenes is 1. The third-order valence-electron chi connectivity index (χ3n) is 6.25. The molecular weight excluding hydrogens is 651 g/mol. The summed E-state index contributed by atoms with van der Waals surface area (Å²) in [5, 5.41) is 30.9. The SMILES string of the molecule is C#CCON=C(C(=O)NC1C(=O)N2CC(CSc3nnnn3CCCNC(=O)OC(C)(C)C)(C(=O)O)CS[C@H]12)c1nsc(N)n1. The largest absolute Gasteiger partial charge is 0.481 e. The topological polar surface area (TPSA) is 242 Å². The van der Waals surface area contributed by atoms with Gasteiger partial charge in [0.25, 0.3) is 5.91 Å². The van der Waals surface area contributed by atoms with Crippen LogP contribution in [0, 0.1) is 17.8 Å². The number of aryl methyl sites for hydroxylation is 1. The molecule has 0 spiro atoms. The number of hydrogen-bond acceptors (Lipinski definition) is 16. The highest BCUT2D eigenvalue weighted by molar-refractivity contribution is 8.00. The van der Waals surface area contributed by atoms with Gasteiger partial charge in [0.05, 0.1) is 0 Å². The van der Waals surface area contributed by atoms with Crippen molar-refractivity contribution in [1.82, 2.24) is 45.1 Å². The Balaban J connectivity index is 1.33. The van der Waals surface area contributed by atoms with Gasteiger partial charge in [0.2, 0.25) is 22.6 Å². The Kier molecular flexibility index (Phi) is 10.7. The summed E-state index contributed by atoms with van der Waals surface area (Å²) in [7, 11) is 0. The minimum absolute atomic E-state index is 0.0734. The number of nitrogens with one attached hydrogen (secondary N) is 2. The number of tetrazole rings is 1. The molecule has 0 bridgehead atoms. The van der Waals surface area contributed by atoms with Crippen molar-refractivity contribution in [2.45, 2.75) is 55.9 Å². The number of nitrogen functional groups attached to an aromatic ring is 1. The molecule has 18 nitrogen and oxygen atoms in total. The summed E-state index contributed by atoms with van der Waals surface area (Å²) >= 11 is 3.25. The van der Waals surface area contributed by atoms with Crippen molar-refractivity contribution in [1.29, 1.82) is 0 Å². The van der Waals surface area contributed by atoms with E-state index < -0.39 is 46.3 Å². The molecule has 0 saturated carbocycles. The van der Waals surface area contributed by atoms with Gasteiger partial charge in [0.1, 0.15) is 22.4 Å². The van der Waals surface area contributed by atoms with Gasteiger partial charge in [-0.3, -0.25) is 14.4 Å². The molecule has 2 aromatic heterocycles. The molecule has 21 heteroatoms. The van der Waals surface area contributed by atoms with Crippen LogP contribution in [-0.4, -0.2) is 117 Å². The molecule has 0 aliphatic carbocycles. The van der Waals surface area contributed by atoms with E-state index in [9.17, 15) is 24.3 Å². The Morgan fingerprint density at radius 3 is 2.80 bits per heavy atom. The van der Waals surface area contributed by atoms with E-state index in [0.717, 1.165) is 23.3 Å². The molecule has 4 rings (SSSR count). The predicted octanol–water partition coefficient (Wildman–Crippen LogP) is -0.361. The lowest BCUT2D eigenvalue weighted by Crippen LogP contribution is -2.74. The molecule has 242 valence electrons. The van der Waals surface area contributed by atoms with Crippen molar-refractivity contribution in [3.05, 3.63) is 5.82 Å². The molecule has 0 radical (unpaired) electrons. The maximum absolute atomic E-state index is 13.1. The Hall–Kier alpha value is -4.16. The predicted molar refractivity (Wildman–Crippen MR) is 163 cm³/mol. The van der Waals surface area contributed by atoms with Gasteiger partial charge in [-0.05, 0) is 37.6 Å². The van der Waals surface area contributed by atoms with E-state index in [1.807, 2.05) is 0 Å². The number of carbonyl (C=O) groups is 4. The summed E-state index contributed by atoms with van der Waals surface area (Å²) in [6.45, 7) is 5.72. The molecule has 2 fully saturated rings. The molecular formula is C24H31N11O7S3. The number of thioether (sulfide) groups is 2. The molecule has 2 saturated heterocycles. The molecule has 0 aromatic carbocycles. The number of alkyl carbamates (subject to hydrolysis) is 1. The zero-order valence-corrected chi connectivity index (χ0v) is 26.9. The normalized spacial score (nSPS) is 21.2. The molecule has 2 aliphatic rings. The number of anilines is 1. The summed E-state index contributed by atoms with van der Waals surface area (Å²) < 4.78 is 10.7. The first kappa shape index (κ1) is 33.7. The fourth-order valence-electron chi connectivity index (χ4n) is 4.14. The number of β-lactam (4-membered cyclic amide) rings is 1. The summed E-state index contributed by atoms with van der Waals surface area (Å²) in [4.78, 5) is 60.8. The van der Waals surface area contributed by atoms with Gasteiger partial charge in [-0.2, -0.15) is 9.36 Å². The van der Waals surface area contributed by atoms with Crippen molar-refractivity contribution in [3.8, 4) is 12.3 Å². The highest BCUT2D eigenvalue weighted by atomic mass is 32.2. The van der Waals surface area contributed by atoms with Crippen LogP contribution in [-0.2, 0) is 30.5 Å². The van der Waals surface area contributed by atoms with Crippen LogP contribution in [0.4, 0.5) is 9.93 Å². The highest BCUT2D eigenvalue weighted by Crippen LogP contribution is 2.44. The van der Waals surface area contributed by atoms with Gasteiger partial charge in [-0.25, -0.2) is 9.48 Å². The lowest BCUT2D eigenvalue weighted by Gasteiger charge is -2.53. The van der Waals surface area contributed by atoms with E-state index in [-0.39, 0.29) is 41.3 Å². The Morgan fingerprint density at radius 2 is 2.13 bits per heavy atom. The lowest BCUT2D eigenvalue weighted by molar-refractivity contribution is -0.157. The number of amides is 3. The molecule has 45 heavy (non-hydrogen) atoms. The second-order valence-corrected chi connectivity index (χ2v) is 13.7. The third kappa shape index (κ3) is 8.31. The molecule has 2 aromatic rings. The van der Waals surface area contributed by atoms with Crippen LogP contribution in [0.15, 0.2) is 10.3 Å². The zero-order valence-electron chi connectivity index (χ0n) is 24.5. The van der Waals surface area contributed by atoms with Crippen LogP contribution in [0.2, 0.25) is 0 Å².